The van der Waals surface area contributed by atoms with Crippen LogP contribution in [0.5, 0.6) is 11.5 Å². The van der Waals surface area contributed by atoms with E-state index in [4.69, 9.17) is 14.5 Å². The van der Waals surface area contributed by atoms with Gasteiger partial charge in [-0.25, -0.2) is 0 Å². The van der Waals surface area contributed by atoms with Crippen LogP contribution in [0.3, 0.4) is 0 Å². The van der Waals surface area contributed by atoms with E-state index >= 15 is 0 Å². The maximum atomic E-state index is 10.5. The molecule has 2 aromatic rings. The summed E-state index contributed by atoms with van der Waals surface area (Å²) in [5.74, 6) is 1.22. The van der Waals surface area contributed by atoms with Gasteiger partial charge in [-0.15, -0.1) is 0 Å². The Labute approximate surface area is 187 Å². The first-order valence-corrected chi connectivity index (χ1v) is 11.6. The molecule has 0 spiro atoms. The molecule has 3 rings (SSSR count). The van der Waals surface area contributed by atoms with E-state index in [1.165, 1.54) is 5.56 Å². The number of aromatic hydroxyl groups is 1. The number of phenolic OH excluding ortho intramolecular Hbond substituents is 1. The van der Waals surface area contributed by atoms with Crippen LogP contribution in [0.2, 0.25) is 0 Å². The van der Waals surface area contributed by atoms with Crippen LogP contribution >= 0.6 is 0 Å². The number of aryl methyl sites for hydroxylation is 2. The molecule has 1 aromatic heterocycles. The monoisotopic (exact) mass is 426 g/mol. The molecule has 1 aliphatic heterocycles. The number of rotatable bonds is 7. The molecule has 0 aliphatic carbocycles. The molecular formula is C26H38N2O3. The summed E-state index contributed by atoms with van der Waals surface area (Å²) < 4.78 is 12.2. The Hall–Kier alpha value is -2.11. The van der Waals surface area contributed by atoms with Gasteiger partial charge in [-0.3, -0.25) is 9.88 Å². The molecule has 0 radical (unpaired) electrons. The predicted octanol–water partition coefficient (Wildman–Crippen LogP) is 5.28. The Morgan fingerprint density at radius 1 is 1.13 bits per heavy atom. The van der Waals surface area contributed by atoms with Gasteiger partial charge < -0.3 is 14.6 Å². The quantitative estimate of drug-likeness (QED) is 0.652. The smallest absolute Gasteiger partial charge is 0.128 e. The fraction of sp³-hybridized carbons (Fsp3) is 0.577. The normalized spacial score (nSPS) is 19.7. The number of phenols is 1. The molecule has 1 saturated heterocycles. The Balaban J connectivity index is 2.08. The minimum atomic E-state index is 0.0661. The zero-order valence-corrected chi connectivity index (χ0v) is 20.2. The number of hydrogen-bond donors (Lipinski definition) is 1. The molecule has 2 heterocycles. The maximum Gasteiger partial charge on any atom is 0.128 e. The predicted molar refractivity (Wildman–Crippen MR) is 126 cm³/mol. The highest BCUT2D eigenvalue weighted by Gasteiger charge is 2.25. The van der Waals surface area contributed by atoms with Crippen molar-refractivity contribution in [1.29, 1.82) is 0 Å². The van der Waals surface area contributed by atoms with Crippen LogP contribution < -0.4 is 4.74 Å². The summed E-state index contributed by atoms with van der Waals surface area (Å²) in [4.78, 5) is 7.45. The number of aromatic nitrogens is 1. The highest BCUT2D eigenvalue weighted by Crippen LogP contribution is 2.37. The minimum absolute atomic E-state index is 0.0661. The summed E-state index contributed by atoms with van der Waals surface area (Å²) in [6.45, 7) is 17.3. The highest BCUT2D eigenvalue weighted by atomic mass is 16.5. The van der Waals surface area contributed by atoms with Crippen molar-refractivity contribution >= 4 is 0 Å². The zero-order chi connectivity index (χ0) is 22.7. The van der Waals surface area contributed by atoms with Crippen LogP contribution in [0.15, 0.2) is 18.2 Å². The number of pyridine rings is 1. The van der Waals surface area contributed by atoms with Crippen molar-refractivity contribution in [2.45, 2.75) is 86.2 Å². The van der Waals surface area contributed by atoms with Gasteiger partial charge in [0.2, 0.25) is 0 Å². The van der Waals surface area contributed by atoms with E-state index in [0.29, 0.717) is 5.75 Å². The van der Waals surface area contributed by atoms with Crippen molar-refractivity contribution in [3.8, 4) is 22.8 Å². The van der Waals surface area contributed by atoms with Crippen LogP contribution in [0, 0.1) is 6.92 Å². The molecule has 31 heavy (non-hydrogen) atoms. The fourth-order valence-corrected chi connectivity index (χ4v) is 4.64. The van der Waals surface area contributed by atoms with Crippen LogP contribution in [0.25, 0.3) is 11.3 Å². The van der Waals surface area contributed by atoms with E-state index in [1.807, 2.05) is 6.07 Å². The van der Waals surface area contributed by atoms with Crippen LogP contribution in [0.4, 0.5) is 0 Å². The van der Waals surface area contributed by atoms with Gasteiger partial charge in [0.25, 0.3) is 0 Å². The van der Waals surface area contributed by atoms with E-state index in [0.717, 1.165) is 66.3 Å². The molecular weight excluding hydrogens is 388 g/mol. The Kier molecular flexibility index (Phi) is 7.60. The van der Waals surface area contributed by atoms with E-state index in [-0.39, 0.29) is 18.3 Å². The third kappa shape index (κ3) is 5.39. The second-order valence-corrected chi connectivity index (χ2v) is 8.99. The van der Waals surface area contributed by atoms with Crippen LogP contribution in [0.1, 0.15) is 63.9 Å². The van der Waals surface area contributed by atoms with E-state index in [2.05, 4.69) is 59.4 Å². The summed E-state index contributed by atoms with van der Waals surface area (Å²) in [6, 6.07) is 5.88. The molecule has 5 heteroatoms. The molecule has 1 aromatic carbocycles. The average molecular weight is 427 g/mol. The number of hydrogen-bond acceptors (Lipinski definition) is 5. The molecule has 170 valence electrons. The lowest BCUT2D eigenvalue weighted by molar-refractivity contribution is -0.0707. The number of ether oxygens (including phenoxy) is 2. The molecule has 5 nitrogen and oxygen atoms in total. The third-order valence-corrected chi connectivity index (χ3v) is 5.89. The molecule has 0 bridgehead atoms. The lowest BCUT2D eigenvalue weighted by Crippen LogP contribution is -2.45. The maximum absolute atomic E-state index is 10.5. The molecule has 0 amide bonds. The van der Waals surface area contributed by atoms with Gasteiger partial charge >= 0.3 is 0 Å². The van der Waals surface area contributed by atoms with Crippen molar-refractivity contribution in [3.63, 3.8) is 0 Å². The van der Waals surface area contributed by atoms with Gasteiger partial charge in [0.1, 0.15) is 11.5 Å². The Bertz CT molecular complexity index is 900. The molecule has 2 atom stereocenters. The Morgan fingerprint density at radius 2 is 1.81 bits per heavy atom. The largest absolute Gasteiger partial charge is 0.508 e. The topological polar surface area (TPSA) is 54.8 Å². The lowest BCUT2D eigenvalue weighted by atomic mass is 9.93. The molecule has 1 fully saturated rings. The summed E-state index contributed by atoms with van der Waals surface area (Å²) >= 11 is 0. The van der Waals surface area contributed by atoms with Crippen molar-refractivity contribution in [1.82, 2.24) is 9.88 Å². The van der Waals surface area contributed by atoms with Crippen molar-refractivity contribution in [2.75, 3.05) is 13.1 Å². The minimum Gasteiger partial charge on any atom is -0.508 e. The standard InChI is InChI=1S/C26H38N2O3/c1-8-20-10-11-24(29)21(9-2)26(20)23-12-25(30-16(3)4)22(19(7)27-23)15-28-13-17(5)31-18(6)14-28/h10-12,16-18,29H,8-9,13-15H2,1-7H3/t17-,18-/m1/s1. The van der Waals surface area contributed by atoms with Crippen molar-refractivity contribution < 1.29 is 14.6 Å². The van der Waals surface area contributed by atoms with Gasteiger partial charge in [-0.1, -0.05) is 19.9 Å². The molecule has 1 aliphatic rings. The highest BCUT2D eigenvalue weighted by molar-refractivity contribution is 5.72. The second kappa shape index (κ2) is 10.0. The SMILES string of the molecule is CCc1ccc(O)c(CC)c1-c1cc(OC(C)C)c(CN2C[C@@H](C)O[C@H](C)C2)c(C)n1. The van der Waals surface area contributed by atoms with Gasteiger partial charge in [0.05, 0.1) is 24.0 Å². The van der Waals surface area contributed by atoms with Gasteiger partial charge in [-0.2, -0.15) is 0 Å². The van der Waals surface area contributed by atoms with E-state index < -0.39 is 0 Å². The first-order valence-electron chi connectivity index (χ1n) is 11.6. The average Bonchev–Trinajstić information content (AvgIpc) is 2.69. The summed E-state index contributed by atoms with van der Waals surface area (Å²) in [7, 11) is 0. The van der Waals surface area contributed by atoms with Crippen molar-refractivity contribution in [3.05, 3.63) is 40.6 Å². The number of morpholine rings is 1. The summed E-state index contributed by atoms with van der Waals surface area (Å²) in [6.07, 6.45) is 2.14. The van der Waals surface area contributed by atoms with E-state index in [1.54, 1.807) is 6.07 Å². The lowest BCUT2D eigenvalue weighted by Gasteiger charge is -2.36. The van der Waals surface area contributed by atoms with Gasteiger partial charge in [0, 0.05) is 48.1 Å². The first kappa shape index (κ1) is 23.6. The molecule has 1 N–H and O–H groups in total. The number of benzene rings is 1. The third-order valence-electron chi connectivity index (χ3n) is 5.89. The first-order chi connectivity index (χ1) is 14.7. The van der Waals surface area contributed by atoms with Crippen molar-refractivity contribution in [2.24, 2.45) is 0 Å². The summed E-state index contributed by atoms with van der Waals surface area (Å²) in [5.41, 5.74) is 6.18. The Morgan fingerprint density at radius 3 is 2.39 bits per heavy atom. The zero-order valence-electron chi connectivity index (χ0n) is 20.2. The molecule has 0 saturated carbocycles. The van der Waals surface area contributed by atoms with E-state index in [9.17, 15) is 5.11 Å². The summed E-state index contributed by atoms with van der Waals surface area (Å²) in [5, 5.41) is 10.5. The second-order valence-electron chi connectivity index (χ2n) is 8.99. The van der Waals surface area contributed by atoms with Gasteiger partial charge in [-0.05, 0) is 59.1 Å². The molecule has 0 unspecified atom stereocenters. The van der Waals surface area contributed by atoms with Gasteiger partial charge in [0.15, 0.2) is 0 Å². The van der Waals surface area contributed by atoms with Crippen LogP contribution in [-0.2, 0) is 24.1 Å². The number of nitrogens with zero attached hydrogens (tertiary/aromatic N) is 2. The van der Waals surface area contributed by atoms with Crippen LogP contribution in [-0.4, -0.2) is 46.4 Å². The fourth-order valence-electron chi connectivity index (χ4n) is 4.64.